The molecule has 0 spiro atoms. The van der Waals surface area contributed by atoms with Crippen molar-refractivity contribution in [2.75, 3.05) is 0 Å². The lowest BCUT2D eigenvalue weighted by atomic mass is 9.90. The molecule has 0 bridgehead atoms. The first kappa shape index (κ1) is 13.1. The predicted molar refractivity (Wildman–Crippen MR) is 75.3 cm³/mol. The molecule has 0 unspecified atom stereocenters. The third-order valence-corrected chi connectivity index (χ3v) is 3.92. The minimum absolute atomic E-state index is 0.0829. The van der Waals surface area contributed by atoms with E-state index in [9.17, 15) is 4.39 Å². The maximum absolute atomic E-state index is 13.6. The summed E-state index contributed by atoms with van der Waals surface area (Å²) >= 11 is 0. The van der Waals surface area contributed by atoms with Crippen molar-refractivity contribution in [2.45, 2.75) is 46.5 Å². The molecule has 0 fully saturated rings. The maximum Gasteiger partial charge on any atom is 0.126 e. The van der Waals surface area contributed by atoms with Crippen LogP contribution in [0, 0.1) is 12.7 Å². The van der Waals surface area contributed by atoms with Crippen molar-refractivity contribution in [3.63, 3.8) is 0 Å². The fourth-order valence-corrected chi connectivity index (χ4v) is 2.69. The Morgan fingerprint density at radius 1 is 1.22 bits per heavy atom. The summed E-state index contributed by atoms with van der Waals surface area (Å²) in [4.78, 5) is 0. The van der Waals surface area contributed by atoms with E-state index in [1.54, 1.807) is 6.07 Å². The fraction of sp³-hybridized carbons (Fsp3) is 0.412. The minimum Gasteiger partial charge on any atom is -0.207 e. The first-order valence-electron chi connectivity index (χ1n) is 6.75. The molecule has 0 saturated carbocycles. The van der Waals surface area contributed by atoms with Crippen molar-refractivity contribution in [1.29, 1.82) is 0 Å². The van der Waals surface area contributed by atoms with Gasteiger partial charge < -0.3 is 0 Å². The Morgan fingerprint density at radius 2 is 2.00 bits per heavy atom. The summed E-state index contributed by atoms with van der Waals surface area (Å²) in [5.41, 5.74) is 6.14. The average molecular weight is 244 g/mol. The summed E-state index contributed by atoms with van der Waals surface area (Å²) < 4.78 is 13.6. The molecule has 1 aromatic rings. The van der Waals surface area contributed by atoms with Crippen molar-refractivity contribution in [3.8, 4) is 0 Å². The molecule has 0 radical (unpaired) electrons. The molecule has 1 heteroatoms. The summed E-state index contributed by atoms with van der Waals surface area (Å²) in [7, 11) is 0. The van der Waals surface area contributed by atoms with Crippen LogP contribution in [0.4, 0.5) is 4.39 Å². The van der Waals surface area contributed by atoms with Crippen LogP contribution < -0.4 is 0 Å². The third-order valence-electron chi connectivity index (χ3n) is 3.92. The van der Waals surface area contributed by atoms with Crippen LogP contribution in [-0.2, 0) is 12.8 Å². The quantitative estimate of drug-likeness (QED) is 0.709. The van der Waals surface area contributed by atoms with Gasteiger partial charge in [0.05, 0.1) is 0 Å². The van der Waals surface area contributed by atoms with Crippen LogP contribution in [0.2, 0.25) is 0 Å². The minimum atomic E-state index is -0.0829. The Morgan fingerprint density at radius 3 is 2.67 bits per heavy atom. The Hall–Kier alpha value is -1.37. The SMILES string of the molecule is CCc1c(CC2=C(C)CCC=C2)ccc(F)c1C. The first-order chi connectivity index (χ1) is 8.63. The third kappa shape index (κ3) is 2.55. The van der Waals surface area contributed by atoms with Crippen molar-refractivity contribution in [2.24, 2.45) is 0 Å². The highest BCUT2D eigenvalue weighted by molar-refractivity contribution is 5.41. The van der Waals surface area contributed by atoms with Crippen molar-refractivity contribution >= 4 is 0 Å². The number of hydrogen-bond donors (Lipinski definition) is 0. The van der Waals surface area contributed by atoms with E-state index in [2.05, 4.69) is 26.0 Å². The second kappa shape index (κ2) is 5.51. The number of allylic oxidation sites excluding steroid dienone is 4. The normalized spacial score (nSPS) is 15.3. The molecule has 0 atom stereocenters. The van der Waals surface area contributed by atoms with Crippen molar-refractivity contribution in [1.82, 2.24) is 0 Å². The molecule has 0 aromatic heterocycles. The molecule has 0 heterocycles. The smallest absolute Gasteiger partial charge is 0.126 e. The van der Waals surface area contributed by atoms with E-state index in [1.807, 2.05) is 13.0 Å². The zero-order chi connectivity index (χ0) is 13.1. The molecule has 1 aliphatic carbocycles. The Balaban J connectivity index is 2.35. The molecule has 96 valence electrons. The van der Waals surface area contributed by atoms with Gasteiger partial charge in [-0.1, -0.05) is 30.7 Å². The lowest BCUT2D eigenvalue weighted by Gasteiger charge is -2.16. The largest absolute Gasteiger partial charge is 0.207 e. The van der Waals surface area contributed by atoms with Crippen LogP contribution in [0.25, 0.3) is 0 Å². The van der Waals surface area contributed by atoms with Crippen LogP contribution in [0.5, 0.6) is 0 Å². The van der Waals surface area contributed by atoms with Crippen LogP contribution in [-0.4, -0.2) is 0 Å². The van der Waals surface area contributed by atoms with Gasteiger partial charge in [-0.2, -0.15) is 0 Å². The molecule has 2 rings (SSSR count). The van der Waals surface area contributed by atoms with E-state index in [-0.39, 0.29) is 5.82 Å². The molecule has 0 N–H and O–H groups in total. The summed E-state index contributed by atoms with van der Waals surface area (Å²) in [6.45, 7) is 6.19. The van der Waals surface area contributed by atoms with E-state index in [0.29, 0.717) is 0 Å². The van der Waals surface area contributed by atoms with E-state index < -0.39 is 0 Å². The van der Waals surface area contributed by atoms with Crippen LogP contribution in [0.1, 0.15) is 43.4 Å². The molecule has 0 saturated heterocycles. The van der Waals surface area contributed by atoms with Gasteiger partial charge in [0, 0.05) is 0 Å². The van der Waals surface area contributed by atoms with Crippen molar-refractivity contribution in [3.05, 3.63) is 57.9 Å². The molecular formula is C17H21F. The lowest BCUT2D eigenvalue weighted by Crippen LogP contribution is -2.02. The number of halogens is 1. The van der Waals surface area contributed by atoms with Crippen LogP contribution >= 0.6 is 0 Å². The van der Waals surface area contributed by atoms with Gasteiger partial charge in [0.15, 0.2) is 0 Å². The second-order valence-corrected chi connectivity index (χ2v) is 5.09. The molecule has 1 aromatic carbocycles. The zero-order valence-electron chi connectivity index (χ0n) is 11.5. The van der Waals surface area contributed by atoms with Gasteiger partial charge in [-0.05, 0) is 67.9 Å². The molecular weight excluding hydrogens is 223 g/mol. The summed E-state index contributed by atoms with van der Waals surface area (Å²) in [6, 6.07) is 3.55. The van der Waals surface area contributed by atoms with Crippen molar-refractivity contribution < 1.29 is 4.39 Å². The summed E-state index contributed by atoms with van der Waals surface area (Å²) in [6.07, 6.45) is 8.62. The highest BCUT2D eigenvalue weighted by Gasteiger charge is 2.11. The van der Waals surface area contributed by atoms with E-state index in [4.69, 9.17) is 0 Å². The number of hydrogen-bond acceptors (Lipinski definition) is 0. The molecule has 0 nitrogen and oxygen atoms in total. The highest BCUT2D eigenvalue weighted by Crippen LogP contribution is 2.26. The van der Waals surface area contributed by atoms with Gasteiger partial charge in [0.1, 0.15) is 5.82 Å². The van der Waals surface area contributed by atoms with Gasteiger partial charge in [-0.25, -0.2) is 4.39 Å². The predicted octanol–water partition coefficient (Wildman–Crippen LogP) is 4.91. The highest BCUT2D eigenvalue weighted by atomic mass is 19.1. The summed E-state index contributed by atoms with van der Waals surface area (Å²) in [5.74, 6) is -0.0829. The van der Waals surface area contributed by atoms with E-state index >= 15 is 0 Å². The zero-order valence-corrected chi connectivity index (χ0v) is 11.5. The number of benzene rings is 1. The molecule has 0 aliphatic heterocycles. The average Bonchev–Trinajstić information content (AvgIpc) is 2.37. The fourth-order valence-electron chi connectivity index (χ4n) is 2.69. The van der Waals surface area contributed by atoms with Crippen LogP contribution in [0.15, 0.2) is 35.4 Å². The Bertz CT molecular complexity index is 507. The van der Waals surface area contributed by atoms with Gasteiger partial charge in [0.2, 0.25) is 0 Å². The van der Waals surface area contributed by atoms with Crippen LogP contribution in [0.3, 0.4) is 0 Å². The lowest BCUT2D eigenvalue weighted by molar-refractivity contribution is 0.614. The number of rotatable bonds is 3. The van der Waals surface area contributed by atoms with E-state index in [0.717, 1.165) is 31.2 Å². The Kier molecular flexibility index (Phi) is 4.00. The Labute approximate surface area is 109 Å². The summed E-state index contributed by atoms with van der Waals surface area (Å²) in [5, 5.41) is 0. The van der Waals surface area contributed by atoms with Gasteiger partial charge in [0.25, 0.3) is 0 Å². The standard InChI is InChI=1S/C17H21F/c1-4-16-13(3)17(18)10-9-15(16)11-14-8-6-5-7-12(14)2/h6,8-10H,4-5,7,11H2,1-3H3. The van der Waals surface area contributed by atoms with Gasteiger partial charge in [-0.15, -0.1) is 0 Å². The van der Waals surface area contributed by atoms with Gasteiger partial charge in [-0.3, -0.25) is 0 Å². The molecule has 18 heavy (non-hydrogen) atoms. The van der Waals surface area contributed by atoms with E-state index in [1.165, 1.54) is 22.3 Å². The topological polar surface area (TPSA) is 0 Å². The molecule has 1 aliphatic rings. The maximum atomic E-state index is 13.6. The monoisotopic (exact) mass is 244 g/mol. The van der Waals surface area contributed by atoms with Gasteiger partial charge >= 0.3 is 0 Å². The molecule has 0 amide bonds. The second-order valence-electron chi connectivity index (χ2n) is 5.09. The first-order valence-corrected chi connectivity index (χ1v) is 6.75.